The van der Waals surface area contributed by atoms with E-state index in [4.69, 9.17) is 0 Å². The van der Waals surface area contributed by atoms with Crippen LogP contribution < -0.4 is 5.32 Å². The van der Waals surface area contributed by atoms with Crippen LogP contribution in [0.3, 0.4) is 0 Å². The van der Waals surface area contributed by atoms with Gasteiger partial charge in [0.05, 0.1) is 6.54 Å². The minimum atomic E-state index is 0.798. The quantitative estimate of drug-likeness (QED) is 0.832. The summed E-state index contributed by atoms with van der Waals surface area (Å²) in [7, 11) is 0. The van der Waals surface area contributed by atoms with Gasteiger partial charge in [-0.1, -0.05) is 37.0 Å². The number of piperidine rings is 1. The molecule has 19 heavy (non-hydrogen) atoms. The molecule has 2 nitrogen and oxygen atoms in total. The second kappa shape index (κ2) is 7.99. The van der Waals surface area contributed by atoms with E-state index in [0.29, 0.717) is 0 Å². The highest BCUT2D eigenvalue weighted by atomic mass is 15.1. The Morgan fingerprint density at radius 3 is 2.95 bits per heavy atom. The highest BCUT2D eigenvalue weighted by Gasteiger charge is 2.18. The van der Waals surface area contributed by atoms with Crippen molar-refractivity contribution in [1.82, 2.24) is 10.2 Å². The summed E-state index contributed by atoms with van der Waals surface area (Å²) in [5.74, 6) is 7.34. The predicted molar refractivity (Wildman–Crippen MR) is 81.0 cm³/mol. The number of nitrogens with zero attached hydrogens (tertiary/aromatic N) is 1. The molecule has 0 radical (unpaired) electrons. The fourth-order valence-electron chi connectivity index (χ4n) is 2.58. The van der Waals surface area contributed by atoms with Crippen LogP contribution in [-0.4, -0.2) is 37.6 Å². The van der Waals surface area contributed by atoms with Crippen molar-refractivity contribution >= 4 is 0 Å². The maximum atomic E-state index is 3.46. The second-order valence-electron chi connectivity index (χ2n) is 5.22. The third kappa shape index (κ3) is 5.06. The van der Waals surface area contributed by atoms with Crippen LogP contribution in [-0.2, 0) is 0 Å². The molecule has 0 aliphatic carbocycles. The van der Waals surface area contributed by atoms with E-state index in [2.05, 4.69) is 41.1 Å². The van der Waals surface area contributed by atoms with Crippen LogP contribution >= 0.6 is 0 Å². The molecule has 1 atom stereocenters. The zero-order valence-corrected chi connectivity index (χ0v) is 11.9. The van der Waals surface area contributed by atoms with Crippen molar-refractivity contribution in [2.75, 3.05) is 32.7 Å². The Hall–Kier alpha value is -1.30. The van der Waals surface area contributed by atoms with Gasteiger partial charge in [-0.15, -0.1) is 0 Å². The van der Waals surface area contributed by atoms with E-state index < -0.39 is 0 Å². The summed E-state index contributed by atoms with van der Waals surface area (Å²) in [4.78, 5) is 2.49. The van der Waals surface area contributed by atoms with Crippen molar-refractivity contribution in [3.63, 3.8) is 0 Å². The fraction of sp³-hybridized carbons (Fsp3) is 0.529. The van der Waals surface area contributed by atoms with Crippen LogP contribution in [0.1, 0.15) is 25.3 Å². The molecule has 1 fully saturated rings. The molecule has 1 aliphatic heterocycles. The van der Waals surface area contributed by atoms with E-state index in [1.165, 1.54) is 25.9 Å². The first kappa shape index (κ1) is 14.1. The summed E-state index contributed by atoms with van der Waals surface area (Å²) in [6.07, 6.45) is 2.67. The molecule has 0 bridgehead atoms. The van der Waals surface area contributed by atoms with Crippen molar-refractivity contribution in [2.24, 2.45) is 5.92 Å². The largest absolute Gasteiger partial charge is 0.317 e. The van der Waals surface area contributed by atoms with E-state index in [9.17, 15) is 0 Å². The lowest BCUT2D eigenvalue weighted by molar-refractivity contribution is 0.191. The summed E-state index contributed by atoms with van der Waals surface area (Å²) < 4.78 is 0. The molecule has 2 heteroatoms. The topological polar surface area (TPSA) is 15.3 Å². The van der Waals surface area contributed by atoms with Gasteiger partial charge in [0.15, 0.2) is 0 Å². The Balaban J connectivity index is 1.78. The molecule has 2 rings (SSSR count). The van der Waals surface area contributed by atoms with Gasteiger partial charge in [-0.3, -0.25) is 4.90 Å². The summed E-state index contributed by atoms with van der Waals surface area (Å²) in [5.41, 5.74) is 1.11. The van der Waals surface area contributed by atoms with Crippen LogP contribution in [0.2, 0.25) is 0 Å². The molecule has 1 aliphatic rings. The smallest absolute Gasteiger partial charge is 0.0605 e. The minimum absolute atomic E-state index is 0.798. The van der Waals surface area contributed by atoms with E-state index in [1.54, 1.807) is 0 Å². The molecule has 0 aromatic heterocycles. The standard InChI is InChI=1S/C17H24N2/c1-2-18-14-17-11-7-13-19(15-17)12-6-10-16-8-4-3-5-9-16/h3-5,8-9,17-18H,2,7,11-15H2,1H3. The maximum absolute atomic E-state index is 3.46. The number of nitrogens with one attached hydrogen (secondary N) is 1. The van der Waals surface area contributed by atoms with Crippen molar-refractivity contribution < 1.29 is 0 Å². The van der Waals surface area contributed by atoms with E-state index in [0.717, 1.165) is 31.1 Å². The summed E-state index contributed by atoms with van der Waals surface area (Å²) in [6, 6.07) is 10.2. The Morgan fingerprint density at radius 2 is 2.16 bits per heavy atom. The van der Waals surface area contributed by atoms with Gasteiger partial charge in [0, 0.05) is 12.1 Å². The van der Waals surface area contributed by atoms with Crippen molar-refractivity contribution in [2.45, 2.75) is 19.8 Å². The van der Waals surface area contributed by atoms with Crippen LogP contribution in [0.15, 0.2) is 30.3 Å². The highest BCUT2D eigenvalue weighted by molar-refractivity contribution is 5.33. The summed E-state index contributed by atoms with van der Waals surface area (Å²) in [6.45, 7) is 7.69. The Bertz CT molecular complexity index is 416. The zero-order valence-electron chi connectivity index (χ0n) is 11.9. The number of hydrogen-bond donors (Lipinski definition) is 1. The lowest BCUT2D eigenvalue weighted by atomic mass is 9.98. The van der Waals surface area contributed by atoms with Crippen molar-refractivity contribution in [3.05, 3.63) is 35.9 Å². The monoisotopic (exact) mass is 256 g/mol. The van der Waals surface area contributed by atoms with E-state index >= 15 is 0 Å². The third-order valence-corrected chi connectivity index (χ3v) is 3.60. The lowest BCUT2D eigenvalue weighted by Gasteiger charge is -2.31. The number of likely N-dealkylation sites (tertiary alicyclic amines) is 1. The van der Waals surface area contributed by atoms with Gasteiger partial charge in [-0.05, 0) is 50.5 Å². The van der Waals surface area contributed by atoms with Gasteiger partial charge in [0.1, 0.15) is 0 Å². The second-order valence-corrected chi connectivity index (χ2v) is 5.22. The minimum Gasteiger partial charge on any atom is -0.317 e. The Morgan fingerprint density at radius 1 is 1.32 bits per heavy atom. The molecule has 0 spiro atoms. The van der Waals surface area contributed by atoms with Gasteiger partial charge in [0.2, 0.25) is 0 Å². The maximum Gasteiger partial charge on any atom is 0.0605 e. The van der Waals surface area contributed by atoms with E-state index in [-0.39, 0.29) is 0 Å². The number of hydrogen-bond acceptors (Lipinski definition) is 2. The average Bonchev–Trinajstić information content (AvgIpc) is 2.47. The van der Waals surface area contributed by atoms with Gasteiger partial charge in [0.25, 0.3) is 0 Å². The van der Waals surface area contributed by atoms with Crippen molar-refractivity contribution in [3.8, 4) is 11.8 Å². The van der Waals surface area contributed by atoms with Crippen molar-refractivity contribution in [1.29, 1.82) is 0 Å². The Kier molecular flexibility index (Phi) is 5.94. The normalized spacial score (nSPS) is 19.7. The molecule has 0 saturated carbocycles. The van der Waals surface area contributed by atoms with Gasteiger partial charge in [-0.25, -0.2) is 0 Å². The first-order valence-electron chi connectivity index (χ1n) is 7.35. The SMILES string of the molecule is CCNCC1CCCN(CC#Cc2ccccc2)C1. The van der Waals surface area contributed by atoms with Crippen LogP contribution in [0.25, 0.3) is 0 Å². The molecule has 1 N–H and O–H groups in total. The molecule has 102 valence electrons. The van der Waals surface area contributed by atoms with E-state index in [1.807, 2.05) is 18.2 Å². The molecule has 1 aromatic carbocycles. The summed E-state index contributed by atoms with van der Waals surface area (Å²) >= 11 is 0. The Labute approximate surface area is 117 Å². The molecule has 1 heterocycles. The highest BCUT2D eigenvalue weighted by Crippen LogP contribution is 2.15. The first-order valence-corrected chi connectivity index (χ1v) is 7.35. The fourth-order valence-corrected chi connectivity index (χ4v) is 2.58. The first-order chi connectivity index (χ1) is 9.38. The van der Waals surface area contributed by atoms with Crippen LogP contribution in [0, 0.1) is 17.8 Å². The number of benzene rings is 1. The third-order valence-electron chi connectivity index (χ3n) is 3.60. The van der Waals surface area contributed by atoms with Gasteiger partial charge >= 0.3 is 0 Å². The van der Waals surface area contributed by atoms with Gasteiger partial charge in [-0.2, -0.15) is 0 Å². The molecular weight excluding hydrogens is 232 g/mol. The van der Waals surface area contributed by atoms with Gasteiger partial charge < -0.3 is 5.32 Å². The zero-order chi connectivity index (χ0) is 13.3. The molecule has 0 amide bonds. The molecule has 1 saturated heterocycles. The number of rotatable bonds is 4. The van der Waals surface area contributed by atoms with Crippen LogP contribution in [0.4, 0.5) is 0 Å². The summed E-state index contributed by atoms with van der Waals surface area (Å²) in [5, 5.41) is 3.46. The molecule has 1 unspecified atom stereocenters. The lowest BCUT2D eigenvalue weighted by Crippen LogP contribution is -2.39. The molecular formula is C17H24N2. The average molecular weight is 256 g/mol. The van der Waals surface area contributed by atoms with Crippen LogP contribution in [0.5, 0.6) is 0 Å². The predicted octanol–water partition coefficient (Wildman–Crippen LogP) is 2.36. The molecule has 1 aromatic rings.